The van der Waals surface area contributed by atoms with Crippen LogP contribution in [0.3, 0.4) is 0 Å². The number of benzene rings is 1. The van der Waals surface area contributed by atoms with E-state index in [1.807, 2.05) is 0 Å². The molecule has 0 saturated carbocycles. The van der Waals surface area contributed by atoms with Gasteiger partial charge < -0.3 is 5.32 Å². The molecule has 0 unspecified atom stereocenters. The van der Waals surface area contributed by atoms with Crippen molar-refractivity contribution in [1.82, 2.24) is 10.3 Å². The third kappa shape index (κ3) is 3.14. The Labute approximate surface area is 120 Å². The van der Waals surface area contributed by atoms with Crippen LogP contribution in [0.25, 0.3) is 0 Å². The summed E-state index contributed by atoms with van der Waals surface area (Å²) in [5.74, 6) is -0.544. The van der Waals surface area contributed by atoms with Gasteiger partial charge in [0.25, 0.3) is 10.0 Å². The van der Waals surface area contributed by atoms with Crippen molar-refractivity contribution in [2.24, 2.45) is 0 Å². The molecule has 2 N–H and O–H groups in total. The van der Waals surface area contributed by atoms with Gasteiger partial charge in [0, 0.05) is 23.7 Å². The van der Waals surface area contributed by atoms with Gasteiger partial charge in [-0.15, -0.1) is 11.3 Å². The number of hydrogen-bond acceptors (Lipinski definition) is 5. The highest BCUT2D eigenvalue weighted by molar-refractivity contribution is 7.93. The minimum Gasteiger partial charge on any atom is -0.316 e. The molecule has 0 atom stereocenters. The van der Waals surface area contributed by atoms with Crippen LogP contribution in [0.2, 0.25) is 0 Å². The fourth-order valence-electron chi connectivity index (χ4n) is 1.74. The first-order valence-corrected chi connectivity index (χ1v) is 8.16. The SMILES string of the molecule is CNCc1cc(F)c(C)c(S(=O)(=O)Nc2nccs2)c1. The van der Waals surface area contributed by atoms with Gasteiger partial charge in [0.2, 0.25) is 0 Å². The summed E-state index contributed by atoms with van der Waals surface area (Å²) in [7, 11) is -2.14. The number of anilines is 1. The molecule has 108 valence electrons. The van der Waals surface area contributed by atoms with Gasteiger partial charge in [-0.1, -0.05) is 0 Å². The van der Waals surface area contributed by atoms with Gasteiger partial charge in [-0.3, -0.25) is 4.72 Å². The van der Waals surface area contributed by atoms with E-state index in [1.165, 1.54) is 25.3 Å². The maximum absolute atomic E-state index is 13.8. The Morgan fingerprint density at radius 2 is 2.15 bits per heavy atom. The average Bonchev–Trinajstić information content (AvgIpc) is 2.85. The molecule has 0 aliphatic heterocycles. The fraction of sp³-hybridized carbons (Fsp3) is 0.250. The van der Waals surface area contributed by atoms with Crippen molar-refractivity contribution in [3.63, 3.8) is 0 Å². The highest BCUT2D eigenvalue weighted by Gasteiger charge is 2.21. The zero-order valence-corrected chi connectivity index (χ0v) is 12.6. The molecule has 1 aromatic carbocycles. The van der Waals surface area contributed by atoms with Gasteiger partial charge >= 0.3 is 0 Å². The minimum absolute atomic E-state index is 0.0713. The molecule has 2 rings (SSSR count). The standard InChI is InChI=1S/C12H14FN3O2S2/c1-8-10(13)5-9(7-14-2)6-11(8)20(17,18)16-12-15-3-4-19-12/h3-6,14H,7H2,1-2H3,(H,15,16). The van der Waals surface area contributed by atoms with Gasteiger partial charge in [-0.05, 0) is 31.7 Å². The molecule has 0 radical (unpaired) electrons. The lowest BCUT2D eigenvalue weighted by Gasteiger charge is -2.11. The van der Waals surface area contributed by atoms with E-state index in [4.69, 9.17) is 0 Å². The molecule has 1 aromatic heterocycles. The van der Waals surface area contributed by atoms with Gasteiger partial charge in [0.15, 0.2) is 5.13 Å². The predicted molar refractivity (Wildman–Crippen MR) is 76.8 cm³/mol. The lowest BCUT2D eigenvalue weighted by atomic mass is 10.1. The normalized spacial score (nSPS) is 11.6. The Morgan fingerprint density at radius 3 is 2.75 bits per heavy atom. The van der Waals surface area contributed by atoms with E-state index in [1.54, 1.807) is 12.4 Å². The van der Waals surface area contributed by atoms with Gasteiger partial charge in [-0.25, -0.2) is 17.8 Å². The van der Waals surface area contributed by atoms with Crippen molar-refractivity contribution < 1.29 is 12.8 Å². The summed E-state index contributed by atoms with van der Waals surface area (Å²) in [6, 6.07) is 2.79. The summed E-state index contributed by atoms with van der Waals surface area (Å²) < 4.78 is 40.8. The first-order chi connectivity index (χ1) is 9.44. The van der Waals surface area contributed by atoms with Crippen molar-refractivity contribution >= 4 is 26.5 Å². The molecule has 2 aromatic rings. The van der Waals surface area contributed by atoms with E-state index < -0.39 is 15.8 Å². The molecule has 0 bridgehead atoms. The molecule has 8 heteroatoms. The van der Waals surface area contributed by atoms with E-state index in [9.17, 15) is 12.8 Å². The quantitative estimate of drug-likeness (QED) is 0.886. The van der Waals surface area contributed by atoms with Gasteiger partial charge in [-0.2, -0.15) is 0 Å². The first-order valence-electron chi connectivity index (χ1n) is 5.80. The smallest absolute Gasteiger partial charge is 0.264 e. The van der Waals surface area contributed by atoms with Crippen molar-refractivity contribution in [3.05, 3.63) is 40.7 Å². The molecule has 0 amide bonds. The lowest BCUT2D eigenvalue weighted by molar-refractivity contribution is 0.588. The number of nitrogens with one attached hydrogen (secondary N) is 2. The summed E-state index contributed by atoms with van der Waals surface area (Å²) in [6.07, 6.45) is 1.49. The zero-order chi connectivity index (χ0) is 14.8. The first kappa shape index (κ1) is 14.9. The van der Waals surface area contributed by atoms with Crippen molar-refractivity contribution in [2.45, 2.75) is 18.4 Å². The number of sulfonamides is 1. The molecule has 0 spiro atoms. The molecule has 5 nitrogen and oxygen atoms in total. The van der Waals surface area contributed by atoms with Gasteiger partial charge in [0.1, 0.15) is 5.82 Å². The Balaban J connectivity index is 2.44. The number of aromatic nitrogens is 1. The van der Waals surface area contributed by atoms with E-state index in [0.717, 1.165) is 11.3 Å². The molecular weight excluding hydrogens is 301 g/mol. The van der Waals surface area contributed by atoms with E-state index in [-0.39, 0.29) is 15.6 Å². The maximum Gasteiger partial charge on any atom is 0.264 e. The largest absolute Gasteiger partial charge is 0.316 e. The Morgan fingerprint density at radius 1 is 1.40 bits per heavy atom. The van der Waals surface area contributed by atoms with Crippen LogP contribution in [-0.2, 0) is 16.6 Å². The van der Waals surface area contributed by atoms with Crippen LogP contribution < -0.4 is 10.0 Å². The van der Waals surface area contributed by atoms with E-state index >= 15 is 0 Å². The lowest BCUT2D eigenvalue weighted by Crippen LogP contribution is -2.16. The van der Waals surface area contributed by atoms with Crippen LogP contribution >= 0.6 is 11.3 Å². The monoisotopic (exact) mass is 315 g/mol. The van der Waals surface area contributed by atoms with E-state index in [2.05, 4.69) is 15.0 Å². The van der Waals surface area contributed by atoms with Crippen LogP contribution in [0.1, 0.15) is 11.1 Å². The van der Waals surface area contributed by atoms with Crippen LogP contribution in [0.5, 0.6) is 0 Å². The topological polar surface area (TPSA) is 71.1 Å². The third-order valence-corrected chi connectivity index (χ3v) is 4.96. The van der Waals surface area contributed by atoms with Gasteiger partial charge in [0.05, 0.1) is 4.90 Å². The zero-order valence-electron chi connectivity index (χ0n) is 11.0. The van der Waals surface area contributed by atoms with Crippen LogP contribution in [-0.4, -0.2) is 20.4 Å². The molecule has 1 heterocycles. The second-order valence-corrected chi connectivity index (χ2v) is 6.72. The second kappa shape index (κ2) is 5.86. The second-order valence-electron chi connectivity index (χ2n) is 4.17. The predicted octanol–water partition coefficient (Wildman–Crippen LogP) is 2.11. The number of thiazole rings is 1. The third-order valence-electron chi connectivity index (χ3n) is 2.68. The molecule has 0 aliphatic rings. The molecular formula is C12H14FN3O2S2. The number of halogens is 1. The van der Waals surface area contributed by atoms with Crippen LogP contribution in [0.15, 0.2) is 28.6 Å². The van der Waals surface area contributed by atoms with Crippen LogP contribution in [0, 0.1) is 12.7 Å². The number of nitrogens with zero attached hydrogens (tertiary/aromatic N) is 1. The Bertz CT molecular complexity index is 700. The van der Waals surface area contributed by atoms with Crippen LogP contribution in [0.4, 0.5) is 9.52 Å². The van der Waals surface area contributed by atoms with Crippen molar-refractivity contribution in [2.75, 3.05) is 11.8 Å². The highest BCUT2D eigenvalue weighted by Crippen LogP contribution is 2.24. The van der Waals surface area contributed by atoms with Crippen molar-refractivity contribution in [1.29, 1.82) is 0 Å². The summed E-state index contributed by atoms with van der Waals surface area (Å²) in [4.78, 5) is 3.79. The highest BCUT2D eigenvalue weighted by atomic mass is 32.2. The summed E-state index contributed by atoms with van der Waals surface area (Å²) in [5.41, 5.74) is 0.657. The van der Waals surface area contributed by atoms with Crippen molar-refractivity contribution in [3.8, 4) is 0 Å². The molecule has 0 saturated heterocycles. The number of rotatable bonds is 5. The Hall–Kier alpha value is -1.51. The average molecular weight is 315 g/mol. The minimum atomic E-state index is -3.85. The summed E-state index contributed by atoms with van der Waals surface area (Å²) in [6.45, 7) is 1.83. The maximum atomic E-state index is 13.8. The fourth-order valence-corrected chi connectivity index (χ4v) is 3.83. The van der Waals surface area contributed by atoms with E-state index in [0.29, 0.717) is 12.1 Å². The Kier molecular flexibility index (Phi) is 4.36. The molecule has 0 aliphatic carbocycles. The number of hydrogen-bond donors (Lipinski definition) is 2. The summed E-state index contributed by atoms with van der Waals surface area (Å²) in [5, 5.41) is 4.77. The molecule has 20 heavy (non-hydrogen) atoms. The molecule has 0 fully saturated rings. The summed E-state index contributed by atoms with van der Waals surface area (Å²) >= 11 is 1.16.